The summed E-state index contributed by atoms with van der Waals surface area (Å²) in [6.07, 6.45) is 15.5. The van der Waals surface area contributed by atoms with Gasteiger partial charge in [0.2, 0.25) is 0 Å². The highest BCUT2D eigenvalue weighted by Crippen LogP contribution is 2.35. The van der Waals surface area contributed by atoms with Crippen LogP contribution >= 0.6 is 0 Å². The Morgan fingerprint density at radius 1 is 1.00 bits per heavy atom. The topological polar surface area (TPSA) is 83.8 Å². The van der Waals surface area contributed by atoms with E-state index in [-0.39, 0.29) is 30.7 Å². The largest absolute Gasteiger partial charge is 0.462 e. The van der Waals surface area contributed by atoms with E-state index in [9.17, 15) is 14.7 Å². The first kappa shape index (κ1) is 32.8. The molecular formula is C32H50O5. The van der Waals surface area contributed by atoms with Crippen LogP contribution in [0.5, 0.6) is 0 Å². The van der Waals surface area contributed by atoms with Crippen LogP contribution in [-0.2, 0) is 27.2 Å². The first-order chi connectivity index (χ1) is 17.8. The number of unbranched alkanes of at least 4 members (excludes halogenated alkanes) is 4. The van der Waals surface area contributed by atoms with Crippen LogP contribution in [0.15, 0.2) is 48.6 Å². The van der Waals surface area contributed by atoms with Crippen molar-refractivity contribution in [1.29, 1.82) is 0 Å². The molecule has 2 rings (SSSR count). The van der Waals surface area contributed by atoms with Gasteiger partial charge in [0, 0.05) is 23.7 Å². The second-order valence-electron chi connectivity index (χ2n) is 10.6. The Labute approximate surface area is 225 Å². The van der Waals surface area contributed by atoms with Crippen molar-refractivity contribution < 1.29 is 24.5 Å². The summed E-state index contributed by atoms with van der Waals surface area (Å²) >= 11 is 0. The van der Waals surface area contributed by atoms with Crippen molar-refractivity contribution in [3.8, 4) is 0 Å². The third-order valence-corrected chi connectivity index (χ3v) is 7.37. The summed E-state index contributed by atoms with van der Waals surface area (Å²) in [5.74, 6) is 0.927. The summed E-state index contributed by atoms with van der Waals surface area (Å²) < 4.78 is 5.29. The molecular weight excluding hydrogens is 464 g/mol. The summed E-state index contributed by atoms with van der Waals surface area (Å²) in [5.41, 5.74) is 3.57. The molecule has 1 atom stereocenters. The summed E-state index contributed by atoms with van der Waals surface area (Å²) in [7, 11) is 0. The summed E-state index contributed by atoms with van der Waals surface area (Å²) in [6, 6.07) is 9.30. The van der Waals surface area contributed by atoms with Gasteiger partial charge in [-0.05, 0) is 68.4 Å². The first-order valence-electron chi connectivity index (χ1n) is 14.1. The molecule has 1 aliphatic carbocycles. The maximum atomic E-state index is 11.6. The zero-order chi connectivity index (χ0) is 27.5. The van der Waals surface area contributed by atoms with Gasteiger partial charge in [0.1, 0.15) is 6.29 Å². The minimum absolute atomic E-state index is 0.0544. The molecule has 208 valence electrons. The SMILES string of the molecule is C=C(C)C(=O)OCC(CO)C1CCC(CCc2ccc(CCCCCCC)cc2)CC1.C=C(C=O)CO. The number of benzene rings is 1. The number of hydrogen-bond donors (Lipinski definition) is 2. The third-order valence-electron chi connectivity index (χ3n) is 7.37. The lowest BCUT2D eigenvalue weighted by Gasteiger charge is -2.33. The van der Waals surface area contributed by atoms with Gasteiger partial charge in [0.15, 0.2) is 0 Å². The van der Waals surface area contributed by atoms with Crippen LogP contribution < -0.4 is 0 Å². The Balaban J connectivity index is 0.00000102. The predicted molar refractivity (Wildman–Crippen MR) is 151 cm³/mol. The highest BCUT2D eigenvalue weighted by atomic mass is 16.5. The molecule has 5 heteroatoms. The number of aryl methyl sites for hydroxylation is 2. The Morgan fingerprint density at radius 3 is 2.08 bits per heavy atom. The van der Waals surface area contributed by atoms with Gasteiger partial charge in [-0.15, -0.1) is 0 Å². The van der Waals surface area contributed by atoms with Crippen molar-refractivity contribution >= 4 is 12.3 Å². The Hall–Kier alpha value is -2.24. The van der Waals surface area contributed by atoms with Gasteiger partial charge in [0.05, 0.1) is 13.2 Å². The van der Waals surface area contributed by atoms with E-state index in [0.29, 0.717) is 24.4 Å². The lowest BCUT2D eigenvalue weighted by atomic mass is 9.74. The van der Waals surface area contributed by atoms with E-state index in [1.165, 1.54) is 68.9 Å². The molecule has 37 heavy (non-hydrogen) atoms. The fraction of sp³-hybridized carbons (Fsp3) is 0.625. The van der Waals surface area contributed by atoms with E-state index < -0.39 is 0 Å². The van der Waals surface area contributed by atoms with Crippen LogP contribution in [0, 0.1) is 17.8 Å². The molecule has 0 aromatic heterocycles. The minimum atomic E-state index is -0.352. The molecule has 2 N–H and O–H groups in total. The van der Waals surface area contributed by atoms with Gasteiger partial charge in [-0.3, -0.25) is 4.79 Å². The van der Waals surface area contributed by atoms with E-state index in [4.69, 9.17) is 9.84 Å². The van der Waals surface area contributed by atoms with Gasteiger partial charge < -0.3 is 14.9 Å². The van der Waals surface area contributed by atoms with E-state index in [0.717, 1.165) is 25.2 Å². The molecule has 0 radical (unpaired) electrons. The Kier molecular flexibility index (Phi) is 17.6. The van der Waals surface area contributed by atoms with Crippen molar-refractivity contribution in [1.82, 2.24) is 0 Å². The van der Waals surface area contributed by atoms with Gasteiger partial charge in [-0.25, -0.2) is 4.79 Å². The molecule has 0 bridgehead atoms. The molecule has 0 aliphatic heterocycles. The van der Waals surface area contributed by atoms with Crippen molar-refractivity contribution in [2.45, 2.75) is 90.9 Å². The number of rotatable bonds is 16. The molecule has 0 saturated heterocycles. The molecule has 5 nitrogen and oxygen atoms in total. The van der Waals surface area contributed by atoms with Crippen LogP contribution in [0.4, 0.5) is 0 Å². The number of ether oxygens (including phenoxy) is 1. The molecule has 0 amide bonds. The van der Waals surface area contributed by atoms with Crippen LogP contribution in [0.2, 0.25) is 0 Å². The number of carbonyl (C=O) groups excluding carboxylic acids is 2. The molecule has 1 unspecified atom stereocenters. The molecule has 1 aliphatic rings. The second-order valence-corrected chi connectivity index (χ2v) is 10.6. The standard InChI is InChI=1S/C28H44O3.C4H6O2/c1-4-5-6-7-8-9-23-10-12-24(13-11-23)14-15-25-16-18-26(19-17-25)27(20-29)21-31-28(30)22(2)3;1-4(2-5)3-6/h10-13,25-27,29H,2,4-9,14-21H2,1,3H3;2,6H,1,3H2. The number of aliphatic hydroxyl groups is 2. The van der Waals surface area contributed by atoms with Crippen LogP contribution in [0.1, 0.15) is 89.2 Å². The summed E-state index contributed by atoms with van der Waals surface area (Å²) in [6.45, 7) is 10.9. The summed E-state index contributed by atoms with van der Waals surface area (Å²) in [4.78, 5) is 21.1. The predicted octanol–water partition coefficient (Wildman–Crippen LogP) is 6.40. The number of aliphatic hydroxyl groups excluding tert-OH is 2. The zero-order valence-electron chi connectivity index (χ0n) is 23.3. The van der Waals surface area contributed by atoms with Crippen molar-refractivity contribution in [2.75, 3.05) is 19.8 Å². The number of hydrogen-bond acceptors (Lipinski definition) is 5. The monoisotopic (exact) mass is 514 g/mol. The molecule has 1 aromatic carbocycles. The lowest BCUT2D eigenvalue weighted by Crippen LogP contribution is -2.29. The van der Waals surface area contributed by atoms with Crippen molar-refractivity contribution in [3.63, 3.8) is 0 Å². The van der Waals surface area contributed by atoms with Crippen molar-refractivity contribution in [2.24, 2.45) is 17.8 Å². The van der Waals surface area contributed by atoms with Crippen molar-refractivity contribution in [3.05, 3.63) is 59.7 Å². The Bertz CT molecular complexity index is 790. The minimum Gasteiger partial charge on any atom is -0.462 e. The van der Waals surface area contributed by atoms with Gasteiger partial charge in [0.25, 0.3) is 0 Å². The smallest absolute Gasteiger partial charge is 0.333 e. The fourth-order valence-electron chi connectivity index (χ4n) is 4.81. The number of carbonyl (C=O) groups is 2. The van der Waals surface area contributed by atoms with E-state index in [1.54, 1.807) is 6.92 Å². The van der Waals surface area contributed by atoms with Crippen LogP contribution in [-0.4, -0.2) is 42.3 Å². The quantitative estimate of drug-likeness (QED) is 0.115. The fourth-order valence-corrected chi connectivity index (χ4v) is 4.81. The number of aldehydes is 1. The summed E-state index contributed by atoms with van der Waals surface area (Å²) in [5, 5.41) is 17.8. The molecule has 0 spiro atoms. The average Bonchev–Trinajstić information content (AvgIpc) is 2.93. The van der Waals surface area contributed by atoms with Crippen LogP contribution in [0.25, 0.3) is 0 Å². The molecule has 1 saturated carbocycles. The van der Waals surface area contributed by atoms with E-state index in [1.807, 2.05) is 0 Å². The third kappa shape index (κ3) is 14.3. The van der Waals surface area contributed by atoms with Crippen LogP contribution in [0.3, 0.4) is 0 Å². The highest BCUT2D eigenvalue weighted by Gasteiger charge is 2.28. The second kappa shape index (κ2) is 19.8. The Morgan fingerprint density at radius 2 is 1.59 bits per heavy atom. The average molecular weight is 515 g/mol. The molecule has 1 aromatic rings. The number of esters is 1. The first-order valence-corrected chi connectivity index (χ1v) is 14.1. The van der Waals surface area contributed by atoms with Gasteiger partial charge in [-0.1, -0.05) is 82.9 Å². The van der Waals surface area contributed by atoms with E-state index >= 15 is 0 Å². The maximum Gasteiger partial charge on any atom is 0.333 e. The lowest BCUT2D eigenvalue weighted by molar-refractivity contribution is -0.141. The molecule has 1 fully saturated rings. The van der Waals surface area contributed by atoms with Gasteiger partial charge in [-0.2, -0.15) is 0 Å². The van der Waals surface area contributed by atoms with Gasteiger partial charge >= 0.3 is 5.97 Å². The normalized spacial score (nSPS) is 17.7. The zero-order valence-corrected chi connectivity index (χ0v) is 23.3. The molecule has 0 heterocycles. The maximum absolute atomic E-state index is 11.6. The van der Waals surface area contributed by atoms with E-state index in [2.05, 4.69) is 44.3 Å². The highest BCUT2D eigenvalue weighted by molar-refractivity contribution is 5.86.